The number of fused-ring (bicyclic) bond motifs is 2. The van der Waals surface area contributed by atoms with Gasteiger partial charge in [0.1, 0.15) is 12.0 Å². The van der Waals surface area contributed by atoms with Gasteiger partial charge >= 0.3 is 5.97 Å². The third kappa shape index (κ3) is 2.09. The average Bonchev–Trinajstić information content (AvgIpc) is 3.00. The second-order valence-corrected chi connectivity index (χ2v) is 5.53. The number of nitrogens with one attached hydrogen (secondary N) is 1. The number of carboxylic acids is 1. The van der Waals surface area contributed by atoms with Gasteiger partial charge < -0.3 is 10.4 Å². The highest BCUT2D eigenvalue weighted by Crippen LogP contribution is 2.49. The van der Waals surface area contributed by atoms with Crippen molar-refractivity contribution in [3.05, 3.63) is 28.4 Å². The quantitative estimate of drug-likeness (QED) is 0.643. The van der Waals surface area contributed by atoms with Gasteiger partial charge in [0.25, 0.3) is 5.69 Å². The fourth-order valence-electron chi connectivity index (χ4n) is 3.60. The first-order valence-corrected chi connectivity index (χ1v) is 6.66. The Morgan fingerprint density at radius 1 is 1.40 bits per heavy atom. The van der Waals surface area contributed by atoms with E-state index in [1.807, 2.05) is 0 Å². The average molecular weight is 277 g/mol. The van der Waals surface area contributed by atoms with Gasteiger partial charge in [-0.05, 0) is 37.2 Å². The number of nitro groups is 1. The highest BCUT2D eigenvalue weighted by atomic mass is 16.6. The predicted octanol–water partition coefficient (Wildman–Crippen LogP) is 1.90. The summed E-state index contributed by atoms with van der Waals surface area (Å²) in [5.74, 6) is -0.0482. The van der Waals surface area contributed by atoms with Crippen molar-refractivity contribution in [2.45, 2.75) is 25.3 Å². The van der Waals surface area contributed by atoms with Gasteiger partial charge in [0.05, 0.1) is 10.8 Å². The maximum Gasteiger partial charge on any atom is 0.308 e. The Kier molecular flexibility index (Phi) is 3.04. The number of aliphatic carboxylic acids is 1. The van der Waals surface area contributed by atoms with Gasteiger partial charge in [0.15, 0.2) is 0 Å². The molecule has 3 rings (SSSR count). The molecule has 2 aliphatic carbocycles. The molecule has 106 valence electrons. The lowest BCUT2D eigenvalue weighted by Crippen LogP contribution is -2.39. The highest BCUT2D eigenvalue weighted by molar-refractivity contribution is 5.73. The molecule has 1 aromatic rings. The first-order chi connectivity index (χ1) is 9.56. The standard InChI is InChI=1S/C13H15N3O4/c17-13(18)11-7-1-2-8(5-7)12(11)15-10-4-3-9(6-14-10)16(19)20/h3-4,6-8,11-12H,1-2,5H2,(H,14,15)(H,17,18). The molecule has 2 fully saturated rings. The lowest BCUT2D eigenvalue weighted by Gasteiger charge is -2.29. The molecule has 2 bridgehead atoms. The molecule has 0 saturated heterocycles. The van der Waals surface area contributed by atoms with Crippen molar-refractivity contribution in [2.75, 3.05) is 5.32 Å². The number of carbonyl (C=O) groups is 1. The number of hydrogen-bond donors (Lipinski definition) is 2. The van der Waals surface area contributed by atoms with Crippen molar-refractivity contribution in [3.8, 4) is 0 Å². The summed E-state index contributed by atoms with van der Waals surface area (Å²) in [5, 5.41) is 23.1. The fourth-order valence-corrected chi connectivity index (χ4v) is 3.60. The van der Waals surface area contributed by atoms with Crippen LogP contribution in [0, 0.1) is 27.9 Å². The molecule has 0 aliphatic heterocycles. The van der Waals surface area contributed by atoms with E-state index in [2.05, 4.69) is 10.3 Å². The topological polar surface area (TPSA) is 105 Å². The SMILES string of the molecule is O=C(O)C1C2CCC(C2)C1Nc1ccc([N+](=O)[O-])cn1. The molecule has 0 radical (unpaired) electrons. The van der Waals surface area contributed by atoms with Crippen molar-refractivity contribution >= 4 is 17.5 Å². The maximum absolute atomic E-state index is 11.4. The van der Waals surface area contributed by atoms with Gasteiger partial charge in [-0.1, -0.05) is 0 Å². The molecule has 20 heavy (non-hydrogen) atoms. The molecule has 7 heteroatoms. The van der Waals surface area contributed by atoms with Crippen molar-refractivity contribution in [3.63, 3.8) is 0 Å². The Bertz CT molecular complexity index is 545. The fraction of sp³-hybridized carbons (Fsp3) is 0.538. The summed E-state index contributed by atoms with van der Waals surface area (Å²) in [7, 11) is 0. The minimum atomic E-state index is -0.767. The third-order valence-electron chi connectivity index (χ3n) is 4.47. The van der Waals surface area contributed by atoms with E-state index in [9.17, 15) is 20.0 Å². The van der Waals surface area contributed by atoms with Gasteiger partial charge in [-0.3, -0.25) is 14.9 Å². The minimum absolute atomic E-state index is 0.0710. The molecular weight excluding hydrogens is 262 g/mol. The summed E-state index contributed by atoms with van der Waals surface area (Å²) >= 11 is 0. The number of hydrogen-bond acceptors (Lipinski definition) is 5. The normalized spacial score (nSPS) is 31.2. The van der Waals surface area contributed by atoms with E-state index in [0.29, 0.717) is 11.7 Å². The number of rotatable bonds is 4. The van der Waals surface area contributed by atoms with Crippen molar-refractivity contribution < 1.29 is 14.8 Å². The van der Waals surface area contributed by atoms with Crippen LogP contribution in [-0.4, -0.2) is 27.0 Å². The van der Waals surface area contributed by atoms with Crippen LogP contribution >= 0.6 is 0 Å². The largest absolute Gasteiger partial charge is 0.481 e. The van der Waals surface area contributed by atoms with Gasteiger partial charge in [-0.15, -0.1) is 0 Å². The molecule has 0 aromatic carbocycles. The zero-order valence-corrected chi connectivity index (χ0v) is 10.7. The van der Waals surface area contributed by atoms with E-state index in [1.165, 1.54) is 18.3 Å². The van der Waals surface area contributed by atoms with Crippen molar-refractivity contribution in [2.24, 2.45) is 17.8 Å². The predicted molar refractivity (Wildman–Crippen MR) is 70.3 cm³/mol. The van der Waals surface area contributed by atoms with Gasteiger partial charge in [0, 0.05) is 12.1 Å². The van der Waals surface area contributed by atoms with Gasteiger partial charge in [-0.25, -0.2) is 4.98 Å². The first-order valence-electron chi connectivity index (χ1n) is 6.66. The summed E-state index contributed by atoms with van der Waals surface area (Å²) in [5.41, 5.74) is -0.0710. The van der Waals surface area contributed by atoms with Gasteiger partial charge in [0.2, 0.25) is 0 Å². The molecule has 2 saturated carbocycles. The molecule has 2 N–H and O–H groups in total. The van der Waals surface area contributed by atoms with Crippen molar-refractivity contribution in [1.82, 2.24) is 4.98 Å². The van der Waals surface area contributed by atoms with Crippen LogP contribution in [0.25, 0.3) is 0 Å². The lowest BCUT2D eigenvalue weighted by molar-refractivity contribution is -0.385. The van der Waals surface area contributed by atoms with E-state index in [4.69, 9.17) is 0 Å². The monoisotopic (exact) mass is 277 g/mol. The highest BCUT2D eigenvalue weighted by Gasteiger charge is 2.51. The molecule has 7 nitrogen and oxygen atoms in total. The van der Waals surface area contributed by atoms with E-state index >= 15 is 0 Å². The van der Waals surface area contributed by atoms with Crippen LogP contribution in [0.2, 0.25) is 0 Å². The summed E-state index contributed by atoms with van der Waals surface area (Å²) in [6.07, 6.45) is 4.15. The Labute approximate surface area is 115 Å². The zero-order valence-electron chi connectivity index (χ0n) is 10.7. The number of anilines is 1. The Balaban J connectivity index is 1.76. The number of aromatic nitrogens is 1. The summed E-state index contributed by atoms with van der Waals surface area (Å²) in [4.78, 5) is 25.4. The van der Waals surface area contributed by atoms with Crippen LogP contribution in [0.15, 0.2) is 18.3 Å². The van der Waals surface area contributed by atoms with Crippen molar-refractivity contribution in [1.29, 1.82) is 0 Å². The molecule has 0 spiro atoms. The summed E-state index contributed by atoms with van der Waals surface area (Å²) in [6.45, 7) is 0. The number of pyridine rings is 1. The second kappa shape index (κ2) is 4.73. The van der Waals surface area contributed by atoms with Crippen LogP contribution in [-0.2, 0) is 4.79 Å². The molecular formula is C13H15N3O4. The van der Waals surface area contributed by atoms with Crippen LogP contribution in [0.5, 0.6) is 0 Å². The van der Waals surface area contributed by atoms with Crippen LogP contribution in [0.1, 0.15) is 19.3 Å². The molecule has 0 amide bonds. The molecule has 4 unspecified atom stereocenters. The number of nitrogens with zero attached hydrogens (tertiary/aromatic N) is 2. The summed E-state index contributed by atoms with van der Waals surface area (Å²) in [6, 6.07) is 2.78. The molecule has 2 aliphatic rings. The van der Waals surface area contributed by atoms with E-state index in [1.54, 1.807) is 0 Å². The van der Waals surface area contributed by atoms with E-state index < -0.39 is 10.9 Å². The Hall–Kier alpha value is -2.18. The Morgan fingerprint density at radius 2 is 2.15 bits per heavy atom. The first kappa shape index (κ1) is 12.8. The molecule has 1 aromatic heterocycles. The molecule has 1 heterocycles. The van der Waals surface area contributed by atoms with E-state index in [0.717, 1.165) is 19.3 Å². The Morgan fingerprint density at radius 3 is 2.75 bits per heavy atom. The summed E-state index contributed by atoms with van der Waals surface area (Å²) < 4.78 is 0. The van der Waals surface area contributed by atoms with Crippen LogP contribution in [0.3, 0.4) is 0 Å². The maximum atomic E-state index is 11.4. The van der Waals surface area contributed by atoms with Crippen LogP contribution in [0.4, 0.5) is 11.5 Å². The number of carboxylic acid groups (broad SMARTS) is 1. The smallest absolute Gasteiger partial charge is 0.308 e. The van der Waals surface area contributed by atoms with Crippen LogP contribution < -0.4 is 5.32 Å². The third-order valence-corrected chi connectivity index (χ3v) is 4.47. The molecule has 4 atom stereocenters. The zero-order chi connectivity index (χ0) is 14.3. The van der Waals surface area contributed by atoms with E-state index in [-0.39, 0.29) is 23.6 Å². The minimum Gasteiger partial charge on any atom is -0.481 e. The van der Waals surface area contributed by atoms with Gasteiger partial charge in [-0.2, -0.15) is 0 Å². The lowest BCUT2D eigenvalue weighted by atomic mass is 9.84. The second-order valence-electron chi connectivity index (χ2n) is 5.53.